The SMILES string of the molecule is C=CCNS(=O)(=O)c1ccc(C(=O)N2C[C@H](C(=O)O)[C@@H](C3CC3)C2)cc1. The maximum atomic E-state index is 12.7. The molecule has 2 atom stereocenters. The lowest BCUT2D eigenvalue weighted by molar-refractivity contribution is -0.142. The number of amides is 1. The highest BCUT2D eigenvalue weighted by atomic mass is 32.2. The largest absolute Gasteiger partial charge is 0.481 e. The van der Waals surface area contributed by atoms with Crippen molar-refractivity contribution in [3.05, 3.63) is 42.5 Å². The lowest BCUT2D eigenvalue weighted by atomic mass is 9.92. The van der Waals surface area contributed by atoms with Gasteiger partial charge in [-0.3, -0.25) is 9.59 Å². The minimum absolute atomic E-state index is 0.0132. The van der Waals surface area contributed by atoms with E-state index in [1.807, 2.05) is 0 Å². The average molecular weight is 378 g/mol. The molecule has 1 saturated heterocycles. The number of likely N-dealkylation sites (tertiary alicyclic amines) is 1. The van der Waals surface area contributed by atoms with Gasteiger partial charge in [-0.2, -0.15) is 0 Å². The molecule has 7 nitrogen and oxygen atoms in total. The number of carbonyl (C=O) groups excluding carboxylic acids is 1. The van der Waals surface area contributed by atoms with Crippen molar-refractivity contribution in [2.45, 2.75) is 17.7 Å². The Morgan fingerprint density at radius 2 is 1.88 bits per heavy atom. The number of carboxylic acids is 1. The van der Waals surface area contributed by atoms with E-state index in [2.05, 4.69) is 11.3 Å². The lowest BCUT2D eigenvalue weighted by Crippen LogP contribution is -2.30. The van der Waals surface area contributed by atoms with E-state index in [4.69, 9.17) is 0 Å². The van der Waals surface area contributed by atoms with E-state index in [0.717, 1.165) is 12.8 Å². The number of nitrogens with zero attached hydrogens (tertiary/aromatic N) is 1. The summed E-state index contributed by atoms with van der Waals surface area (Å²) < 4.78 is 26.5. The van der Waals surface area contributed by atoms with Crippen LogP contribution in [0.4, 0.5) is 0 Å². The summed E-state index contributed by atoms with van der Waals surface area (Å²) in [5, 5.41) is 9.41. The van der Waals surface area contributed by atoms with Crippen molar-refractivity contribution in [3.63, 3.8) is 0 Å². The predicted molar refractivity (Wildman–Crippen MR) is 95.1 cm³/mol. The molecule has 1 aliphatic heterocycles. The van der Waals surface area contributed by atoms with Gasteiger partial charge in [0, 0.05) is 25.2 Å². The van der Waals surface area contributed by atoms with Gasteiger partial charge in [0.15, 0.2) is 0 Å². The average Bonchev–Trinajstić information content (AvgIpc) is 3.37. The van der Waals surface area contributed by atoms with Crippen molar-refractivity contribution in [3.8, 4) is 0 Å². The number of nitrogens with one attached hydrogen (secondary N) is 1. The van der Waals surface area contributed by atoms with Crippen LogP contribution in [0.25, 0.3) is 0 Å². The van der Waals surface area contributed by atoms with E-state index in [9.17, 15) is 23.1 Å². The fraction of sp³-hybridized carbons (Fsp3) is 0.444. The lowest BCUT2D eigenvalue weighted by Gasteiger charge is -2.16. The number of hydrogen-bond acceptors (Lipinski definition) is 4. The monoisotopic (exact) mass is 378 g/mol. The van der Waals surface area contributed by atoms with E-state index in [1.165, 1.54) is 30.3 Å². The Kier molecular flexibility index (Phi) is 5.15. The number of aliphatic carboxylic acids is 1. The maximum absolute atomic E-state index is 12.7. The summed E-state index contributed by atoms with van der Waals surface area (Å²) in [5.41, 5.74) is 0.355. The number of sulfonamides is 1. The molecule has 0 unspecified atom stereocenters. The van der Waals surface area contributed by atoms with E-state index in [0.29, 0.717) is 18.0 Å². The van der Waals surface area contributed by atoms with Crippen molar-refractivity contribution >= 4 is 21.9 Å². The van der Waals surface area contributed by atoms with Gasteiger partial charge in [-0.05, 0) is 48.9 Å². The molecule has 0 aromatic heterocycles. The summed E-state index contributed by atoms with van der Waals surface area (Å²) in [7, 11) is -3.64. The van der Waals surface area contributed by atoms with Crippen molar-refractivity contribution < 1.29 is 23.1 Å². The molecule has 1 saturated carbocycles. The Labute approximate surface area is 152 Å². The summed E-state index contributed by atoms with van der Waals surface area (Å²) in [6.45, 7) is 4.23. The van der Waals surface area contributed by atoms with Crippen LogP contribution in [0.3, 0.4) is 0 Å². The molecular formula is C18H22N2O5S. The van der Waals surface area contributed by atoms with Crippen molar-refractivity contribution in [1.29, 1.82) is 0 Å². The molecule has 1 aromatic carbocycles. The van der Waals surface area contributed by atoms with Crippen LogP contribution >= 0.6 is 0 Å². The van der Waals surface area contributed by atoms with Gasteiger partial charge in [0.1, 0.15) is 0 Å². The summed E-state index contributed by atoms with van der Waals surface area (Å²) >= 11 is 0. The minimum atomic E-state index is -3.64. The molecule has 2 aliphatic rings. The van der Waals surface area contributed by atoms with Gasteiger partial charge in [0.25, 0.3) is 5.91 Å². The molecule has 8 heteroatoms. The highest BCUT2D eigenvalue weighted by Gasteiger charge is 2.46. The van der Waals surface area contributed by atoms with E-state index < -0.39 is 21.9 Å². The van der Waals surface area contributed by atoms with Gasteiger partial charge in [-0.1, -0.05) is 6.08 Å². The molecular weight excluding hydrogens is 356 g/mol. The number of benzene rings is 1. The van der Waals surface area contributed by atoms with Gasteiger partial charge in [0.2, 0.25) is 10.0 Å². The molecule has 1 aromatic rings. The number of rotatable bonds is 7. The van der Waals surface area contributed by atoms with Gasteiger partial charge < -0.3 is 10.0 Å². The first-order valence-electron chi connectivity index (χ1n) is 8.56. The molecule has 1 amide bonds. The summed E-state index contributed by atoms with van der Waals surface area (Å²) in [5.74, 6) is -1.22. The quantitative estimate of drug-likeness (QED) is 0.697. The zero-order valence-corrected chi connectivity index (χ0v) is 15.1. The second-order valence-electron chi connectivity index (χ2n) is 6.82. The van der Waals surface area contributed by atoms with Crippen LogP contribution < -0.4 is 4.72 Å². The molecule has 1 aliphatic carbocycles. The molecule has 0 radical (unpaired) electrons. The minimum Gasteiger partial charge on any atom is -0.481 e. The molecule has 2 N–H and O–H groups in total. The Morgan fingerprint density at radius 3 is 2.42 bits per heavy atom. The van der Waals surface area contributed by atoms with Crippen LogP contribution in [-0.4, -0.2) is 49.9 Å². The first-order valence-corrected chi connectivity index (χ1v) is 10.0. The number of hydrogen-bond donors (Lipinski definition) is 2. The molecule has 26 heavy (non-hydrogen) atoms. The topological polar surface area (TPSA) is 104 Å². The van der Waals surface area contributed by atoms with Crippen LogP contribution in [-0.2, 0) is 14.8 Å². The van der Waals surface area contributed by atoms with Crippen molar-refractivity contribution in [2.24, 2.45) is 17.8 Å². The molecule has 3 rings (SSSR count). The Balaban J connectivity index is 1.72. The highest BCUT2D eigenvalue weighted by molar-refractivity contribution is 7.89. The highest BCUT2D eigenvalue weighted by Crippen LogP contribution is 2.44. The normalized spacial score (nSPS) is 23.0. The van der Waals surface area contributed by atoms with E-state index in [1.54, 1.807) is 4.90 Å². The van der Waals surface area contributed by atoms with Crippen LogP contribution in [0, 0.1) is 17.8 Å². The molecule has 2 fully saturated rings. The van der Waals surface area contributed by atoms with Crippen molar-refractivity contribution in [2.75, 3.05) is 19.6 Å². The Bertz CT molecular complexity index is 814. The first kappa shape index (κ1) is 18.6. The summed E-state index contributed by atoms with van der Waals surface area (Å²) in [6.07, 6.45) is 3.50. The first-order chi connectivity index (χ1) is 12.3. The molecule has 140 valence electrons. The summed E-state index contributed by atoms with van der Waals surface area (Å²) in [6, 6.07) is 5.68. The van der Waals surface area contributed by atoms with Crippen LogP contribution in [0.5, 0.6) is 0 Å². The number of carbonyl (C=O) groups is 2. The van der Waals surface area contributed by atoms with Gasteiger partial charge in [-0.15, -0.1) is 6.58 Å². The zero-order valence-electron chi connectivity index (χ0n) is 14.3. The second-order valence-corrected chi connectivity index (χ2v) is 8.59. The Hall–Kier alpha value is -2.19. The molecule has 0 bridgehead atoms. The van der Waals surface area contributed by atoms with Crippen LogP contribution in [0.1, 0.15) is 23.2 Å². The van der Waals surface area contributed by atoms with Crippen LogP contribution in [0.2, 0.25) is 0 Å². The third-order valence-corrected chi connectivity index (χ3v) is 6.47. The van der Waals surface area contributed by atoms with Gasteiger partial charge in [0.05, 0.1) is 10.8 Å². The molecule has 0 spiro atoms. The maximum Gasteiger partial charge on any atom is 0.308 e. The third-order valence-electron chi connectivity index (χ3n) is 5.03. The zero-order chi connectivity index (χ0) is 18.9. The van der Waals surface area contributed by atoms with Gasteiger partial charge >= 0.3 is 5.97 Å². The molecule has 1 heterocycles. The second kappa shape index (κ2) is 7.20. The smallest absolute Gasteiger partial charge is 0.308 e. The summed E-state index contributed by atoms with van der Waals surface area (Å²) in [4.78, 5) is 25.8. The third kappa shape index (κ3) is 3.81. The fourth-order valence-corrected chi connectivity index (χ4v) is 4.47. The van der Waals surface area contributed by atoms with Crippen LogP contribution in [0.15, 0.2) is 41.8 Å². The number of carboxylic acid groups (broad SMARTS) is 1. The fourth-order valence-electron chi connectivity index (χ4n) is 3.47. The van der Waals surface area contributed by atoms with E-state index >= 15 is 0 Å². The van der Waals surface area contributed by atoms with Crippen molar-refractivity contribution in [1.82, 2.24) is 9.62 Å². The van der Waals surface area contributed by atoms with E-state index in [-0.39, 0.29) is 29.8 Å². The standard InChI is InChI=1S/C18H22N2O5S/c1-2-9-19-26(24,25)14-7-5-13(6-8-14)17(21)20-10-15(12-3-4-12)16(11-20)18(22)23/h2,5-8,12,15-16,19H,1,3-4,9-11H2,(H,22,23)/t15-,16+/m1/s1. The van der Waals surface area contributed by atoms with Gasteiger partial charge in [-0.25, -0.2) is 13.1 Å². The Morgan fingerprint density at radius 1 is 1.23 bits per heavy atom. The predicted octanol–water partition coefficient (Wildman–Crippen LogP) is 1.33.